The number of methoxy groups -OCH3 is 1. The van der Waals surface area contributed by atoms with E-state index in [4.69, 9.17) is 16.3 Å². The van der Waals surface area contributed by atoms with Crippen molar-refractivity contribution in [3.63, 3.8) is 0 Å². The van der Waals surface area contributed by atoms with E-state index in [9.17, 15) is 0 Å². The Morgan fingerprint density at radius 3 is 2.76 bits per heavy atom. The average Bonchev–Trinajstić information content (AvgIpc) is 2.88. The van der Waals surface area contributed by atoms with Gasteiger partial charge in [0.15, 0.2) is 11.2 Å². The first kappa shape index (κ1) is 13.8. The Kier molecular flexibility index (Phi) is 3.51. The van der Waals surface area contributed by atoms with E-state index in [-0.39, 0.29) is 5.88 Å². The number of imidazole rings is 1. The van der Waals surface area contributed by atoms with E-state index in [0.29, 0.717) is 17.0 Å². The number of alkyl halides is 1. The van der Waals surface area contributed by atoms with E-state index in [1.54, 1.807) is 7.11 Å². The maximum Gasteiger partial charge on any atom is 0.245 e. The lowest BCUT2D eigenvalue weighted by Crippen LogP contribution is -2.03. The molecule has 21 heavy (non-hydrogen) atoms. The molecule has 0 spiro atoms. The van der Waals surface area contributed by atoms with Gasteiger partial charge in [-0.05, 0) is 31.0 Å². The van der Waals surface area contributed by atoms with Crippen molar-refractivity contribution in [2.45, 2.75) is 19.7 Å². The quantitative estimate of drug-likeness (QED) is 0.697. The molecule has 3 rings (SSSR count). The first-order valence-corrected chi connectivity index (χ1v) is 7.09. The molecule has 0 saturated carbocycles. The highest BCUT2D eigenvalue weighted by molar-refractivity contribution is 6.17. The molecule has 2 heterocycles. The first-order chi connectivity index (χ1) is 10.2. The van der Waals surface area contributed by atoms with E-state index in [1.807, 2.05) is 16.7 Å². The third-order valence-corrected chi connectivity index (χ3v) is 3.85. The zero-order valence-electron chi connectivity index (χ0n) is 12.1. The Morgan fingerprint density at radius 2 is 2.05 bits per heavy atom. The molecule has 0 aliphatic heterocycles. The summed E-state index contributed by atoms with van der Waals surface area (Å²) in [6.45, 7) is 4.15. The van der Waals surface area contributed by atoms with Crippen LogP contribution in [0.2, 0.25) is 0 Å². The maximum absolute atomic E-state index is 6.07. The largest absolute Gasteiger partial charge is 0.479 e. The molecule has 108 valence electrons. The third kappa shape index (κ3) is 2.14. The fourth-order valence-corrected chi connectivity index (χ4v) is 2.57. The molecule has 0 amide bonds. The number of fused-ring (bicyclic) bond motifs is 1. The summed E-state index contributed by atoms with van der Waals surface area (Å²) >= 11 is 6.07. The van der Waals surface area contributed by atoms with Gasteiger partial charge in [0.05, 0.1) is 18.7 Å². The van der Waals surface area contributed by atoms with Crippen LogP contribution in [-0.2, 0) is 5.88 Å². The van der Waals surface area contributed by atoms with Gasteiger partial charge in [-0.25, -0.2) is 9.97 Å². The van der Waals surface area contributed by atoms with Crippen molar-refractivity contribution in [1.29, 1.82) is 0 Å². The van der Waals surface area contributed by atoms with Gasteiger partial charge in [-0.3, -0.25) is 4.57 Å². The second-order valence-corrected chi connectivity index (χ2v) is 5.04. The maximum atomic E-state index is 6.07. The van der Waals surface area contributed by atoms with E-state index in [2.05, 4.69) is 34.9 Å². The summed E-state index contributed by atoms with van der Waals surface area (Å²) in [5, 5.41) is 0. The molecule has 0 N–H and O–H groups in total. The van der Waals surface area contributed by atoms with Gasteiger partial charge in [-0.2, -0.15) is 4.98 Å². The number of hydrogen-bond acceptors (Lipinski definition) is 4. The monoisotopic (exact) mass is 302 g/mol. The molecule has 0 unspecified atom stereocenters. The number of benzene rings is 1. The molecule has 0 bridgehead atoms. The van der Waals surface area contributed by atoms with E-state index in [1.165, 1.54) is 17.5 Å². The summed E-state index contributed by atoms with van der Waals surface area (Å²) in [5.74, 6) is 1.46. The number of halogens is 1. The Balaban J connectivity index is 2.38. The van der Waals surface area contributed by atoms with Crippen molar-refractivity contribution in [3.8, 4) is 11.6 Å². The number of rotatable bonds is 3. The lowest BCUT2D eigenvalue weighted by atomic mass is 10.1. The minimum absolute atomic E-state index is 0.285. The van der Waals surface area contributed by atoms with Gasteiger partial charge in [-0.15, -0.1) is 11.6 Å². The van der Waals surface area contributed by atoms with E-state index < -0.39 is 0 Å². The Bertz CT molecular complexity index is 813. The Morgan fingerprint density at radius 1 is 1.24 bits per heavy atom. The lowest BCUT2D eigenvalue weighted by Gasteiger charge is -2.12. The van der Waals surface area contributed by atoms with Gasteiger partial charge in [0, 0.05) is 0 Å². The zero-order valence-corrected chi connectivity index (χ0v) is 12.8. The summed E-state index contributed by atoms with van der Waals surface area (Å²) < 4.78 is 7.23. The van der Waals surface area contributed by atoms with Crippen LogP contribution in [0.1, 0.15) is 17.0 Å². The fourth-order valence-electron chi connectivity index (χ4n) is 2.39. The van der Waals surface area contributed by atoms with Crippen molar-refractivity contribution < 1.29 is 4.74 Å². The van der Waals surface area contributed by atoms with E-state index >= 15 is 0 Å². The molecule has 0 aliphatic rings. The van der Waals surface area contributed by atoms with Crippen molar-refractivity contribution in [2.75, 3.05) is 7.11 Å². The number of aromatic nitrogens is 4. The predicted octanol–water partition coefficient (Wildman–Crippen LogP) is 3.18. The summed E-state index contributed by atoms with van der Waals surface area (Å²) in [6.07, 6.45) is 1.47. The summed E-state index contributed by atoms with van der Waals surface area (Å²) in [4.78, 5) is 13.0. The lowest BCUT2D eigenvalue weighted by molar-refractivity contribution is 0.401. The van der Waals surface area contributed by atoms with E-state index in [0.717, 1.165) is 11.5 Å². The number of hydrogen-bond donors (Lipinski definition) is 0. The fraction of sp³-hybridized carbons (Fsp3) is 0.267. The van der Waals surface area contributed by atoms with Crippen molar-refractivity contribution in [1.82, 2.24) is 19.5 Å². The Labute approximate surface area is 127 Å². The van der Waals surface area contributed by atoms with Crippen LogP contribution in [0.15, 0.2) is 24.5 Å². The Hall–Kier alpha value is -2.14. The molecular weight excluding hydrogens is 288 g/mol. The highest BCUT2D eigenvalue weighted by Gasteiger charge is 2.18. The molecule has 1 aromatic carbocycles. The van der Waals surface area contributed by atoms with Gasteiger partial charge >= 0.3 is 0 Å². The van der Waals surface area contributed by atoms with Crippen LogP contribution in [0.4, 0.5) is 0 Å². The normalized spacial score (nSPS) is 11.0. The minimum Gasteiger partial charge on any atom is -0.479 e. The molecular formula is C15H15ClN4O. The van der Waals surface area contributed by atoms with Crippen LogP contribution in [0.25, 0.3) is 16.9 Å². The molecule has 0 radical (unpaired) electrons. The minimum atomic E-state index is 0.285. The zero-order chi connectivity index (χ0) is 15.0. The highest BCUT2D eigenvalue weighted by atomic mass is 35.5. The second kappa shape index (κ2) is 5.33. The second-order valence-electron chi connectivity index (χ2n) is 4.77. The highest BCUT2D eigenvalue weighted by Crippen LogP contribution is 2.28. The van der Waals surface area contributed by atoms with Crippen LogP contribution >= 0.6 is 11.6 Å². The topological polar surface area (TPSA) is 52.8 Å². The van der Waals surface area contributed by atoms with Gasteiger partial charge in [0.25, 0.3) is 0 Å². The molecule has 3 aromatic rings. The molecule has 6 heteroatoms. The third-order valence-electron chi connectivity index (χ3n) is 3.61. The molecule has 2 aromatic heterocycles. The van der Waals surface area contributed by atoms with Crippen LogP contribution in [0.3, 0.4) is 0 Å². The van der Waals surface area contributed by atoms with Crippen LogP contribution in [-0.4, -0.2) is 26.6 Å². The van der Waals surface area contributed by atoms with Crippen LogP contribution < -0.4 is 4.74 Å². The smallest absolute Gasteiger partial charge is 0.245 e. The number of nitrogens with zero attached hydrogens (tertiary/aromatic N) is 4. The predicted molar refractivity (Wildman–Crippen MR) is 82.2 cm³/mol. The van der Waals surface area contributed by atoms with Gasteiger partial charge < -0.3 is 4.74 Å². The molecule has 0 atom stereocenters. The van der Waals surface area contributed by atoms with Crippen molar-refractivity contribution >= 4 is 22.8 Å². The van der Waals surface area contributed by atoms with Gasteiger partial charge in [0.2, 0.25) is 5.88 Å². The molecule has 0 aliphatic carbocycles. The van der Waals surface area contributed by atoms with Gasteiger partial charge in [0.1, 0.15) is 12.2 Å². The first-order valence-electron chi connectivity index (χ1n) is 6.56. The SMILES string of the molecule is COc1ncnc2c1nc(CCl)n2-c1cccc(C)c1C. The number of aryl methyl sites for hydroxylation is 1. The summed E-state index contributed by atoms with van der Waals surface area (Å²) in [5.41, 5.74) is 4.72. The molecule has 5 nitrogen and oxygen atoms in total. The van der Waals surface area contributed by atoms with Crippen molar-refractivity contribution in [3.05, 3.63) is 41.5 Å². The van der Waals surface area contributed by atoms with Crippen LogP contribution in [0.5, 0.6) is 5.88 Å². The molecule has 0 fully saturated rings. The van der Waals surface area contributed by atoms with Gasteiger partial charge in [-0.1, -0.05) is 12.1 Å². The number of ether oxygens (including phenoxy) is 1. The standard InChI is InChI=1S/C15H15ClN4O/c1-9-5-4-6-11(10(9)2)20-12(7-16)19-13-14(20)17-8-18-15(13)21-3/h4-6,8H,7H2,1-3H3. The molecule has 0 saturated heterocycles. The summed E-state index contributed by atoms with van der Waals surface area (Å²) in [7, 11) is 1.57. The van der Waals surface area contributed by atoms with Crippen LogP contribution in [0, 0.1) is 13.8 Å². The average molecular weight is 303 g/mol. The summed E-state index contributed by atoms with van der Waals surface area (Å²) in [6, 6.07) is 6.13. The van der Waals surface area contributed by atoms with Crippen molar-refractivity contribution in [2.24, 2.45) is 0 Å².